The lowest BCUT2D eigenvalue weighted by molar-refractivity contribution is 0.252. The van der Waals surface area contributed by atoms with Crippen LogP contribution in [-0.4, -0.2) is 6.03 Å². The van der Waals surface area contributed by atoms with Gasteiger partial charge in [-0.2, -0.15) is 0 Å². The second-order valence-electron chi connectivity index (χ2n) is 3.18. The van der Waals surface area contributed by atoms with E-state index in [1.54, 1.807) is 24.3 Å². The Morgan fingerprint density at radius 3 is 2.69 bits per heavy atom. The molecule has 1 saturated heterocycles. The Balaban J connectivity index is 2.35. The van der Waals surface area contributed by atoms with Crippen molar-refractivity contribution in [2.24, 2.45) is 0 Å². The molecule has 16 heavy (non-hydrogen) atoms. The molecule has 1 aromatic rings. The van der Waals surface area contributed by atoms with Gasteiger partial charge in [0.2, 0.25) is 0 Å². The molecule has 2 N–H and O–H groups in total. The van der Waals surface area contributed by atoms with E-state index in [-0.39, 0.29) is 6.03 Å². The first-order valence-electron chi connectivity index (χ1n) is 4.61. The second kappa shape index (κ2) is 4.23. The molecule has 0 spiro atoms. The van der Waals surface area contributed by atoms with Crippen LogP contribution in [0.2, 0.25) is 10.0 Å². The average Bonchev–Trinajstić information content (AvgIpc) is 2.60. The molecule has 1 fully saturated rings. The number of hydrogen-bond acceptors (Lipinski definition) is 2. The van der Waals surface area contributed by atoms with Gasteiger partial charge in [0.05, 0.1) is 10.7 Å². The smallest absolute Gasteiger partial charge is 0.291 e. The summed E-state index contributed by atoms with van der Waals surface area (Å²) in [6.45, 7) is 1.82. The van der Waals surface area contributed by atoms with E-state index >= 15 is 0 Å². The number of hydrazine groups is 1. The SMILES string of the molecule is C/C=C1\NC(=O)N(c2ccc(Cl)cc2Cl)N1. The molecule has 0 atom stereocenters. The summed E-state index contributed by atoms with van der Waals surface area (Å²) in [5.74, 6) is 0.621. The molecule has 1 aliphatic heterocycles. The highest BCUT2D eigenvalue weighted by Crippen LogP contribution is 2.29. The van der Waals surface area contributed by atoms with Crippen LogP contribution in [0.25, 0.3) is 0 Å². The maximum absolute atomic E-state index is 11.6. The van der Waals surface area contributed by atoms with E-state index in [0.717, 1.165) is 0 Å². The molecule has 0 saturated carbocycles. The number of amides is 2. The van der Waals surface area contributed by atoms with Crippen LogP contribution in [0.15, 0.2) is 30.1 Å². The first-order chi connectivity index (χ1) is 7.61. The molecule has 1 heterocycles. The average molecular weight is 258 g/mol. The van der Waals surface area contributed by atoms with Crippen molar-refractivity contribution in [1.29, 1.82) is 0 Å². The minimum Gasteiger partial charge on any atom is -0.291 e. The van der Waals surface area contributed by atoms with E-state index < -0.39 is 0 Å². The maximum atomic E-state index is 11.6. The number of hydrogen-bond donors (Lipinski definition) is 2. The standard InChI is InChI=1S/C10H9Cl2N3O/c1-2-9-13-10(16)15(14-9)8-4-3-6(11)5-7(8)12/h2-5,14H,1H3,(H,13,16)/b9-2+. The summed E-state index contributed by atoms with van der Waals surface area (Å²) in [6, 6.07) is 4.65. The Morgan fingerprint density at radius 1 is 1.38 bits per heavy atom. The van der Waals surface area contributed by atoms with Gasteiger partial charge >= 0.3 is 6.03 Å². The van der Waals surface area contributed by atoms with E-state index in [2.05, 4.69) is 10.7 Å². The van der Waals surface area contributed by atoms with Gasteiger partial charge in [0.25, 0.3) is 0 Å². The first kappa shape index (κ1) is 11.1. The number of rotatable bonds is 1. The molecule has 2 rings (SSSR count). The van der Waals surface area contributed by atoms with Crippen LogP contribution < -0.4 is 15.8 Å². The predicted octanol–water partition coefficient (Wildman–Crippen LogP) is 2.89. The number of urea groups is 1. The summed E-state index contributed by atoms with van der Waals surface area (Å²) in [7, 11) is 0. The van der Waals surface area contributed by atoms with Crippen LogP contribution in [0.5, 0.6) is 0 Å². The number of halogens is 2. The van der Waals surface area contributed by atoms with Crippen LogP contribution in [0, 0.1) is 0 Å². The zero-order chi connectivity index (χ0) is 11.7. The Bertz CT molecular complexity index is 473. The number of nitrogens with zero attached hydrogens (tertiary/aromatic N) is 1. The van der Waals surface area contributed by atoms with Crippen LogP contribution in [0.1, 0.15) is 6.92 Å². The highest BCUT2D eigenvalue weighted by molar-refractivity contribution is 6.36. The van der Waals surface area contributed by atoms with Gasteiger partial charge in [-0.05, 0) is 31.2 Å². The minimum atomic E-state index is -0.280. The van der Waals surface area contributed by atoms with Crippen molar-refractivity contribution >= 4 is 34.9 Å². The van der Waals surface area contributed by atoms with Gasteiger partial charge in [-0.1, -0.05) is 23.2 Å². The molecule has 1 aliphatic rings. The summed E-state index contributed by atoms with van der Waals surface area (Å²) in [6.07, 6.45) is 1.75. The monoisotopic (exact) mass is 257 g/mol. The fourth-order valence-corrected chi connectivity index (χ4v) is 1.83. The molecule has 4 nitrogen and oxygen atoms in total. The Morgan fingerprint density at radius 2 is 2.12 bits per heavy atom. The number of nitrogens with one attached hydrogen (secondary N) is 2. The van der Waals surface area contributed by atoms with Crippen molar-refractivity contribution in [1.82, 2.24) is 10.7 Å². The van der Waals surface area contributed by atoms with Crippen molar-refractivity contribution in [2.45, 2.75) is 6.92 Å². The number of carbonyl (C=O) groups is 1. The van der Waals surface area contributed by atoms with Crippen LogP contribution in [0.4, 0.5) is 10.5 Å². The zero-order valence-corrected chi connectivity index (χ0v) is 9.93. The van der Waals surface area contributed by atoms with Gasteiger partial charge in [0, 0.05) is 5.02 Å². The third-order valence-electron chi connectivity index (χ3n) is 2.12. The van der Waals surface area contributed by atoms with Crippen molar-refractivity contribution in [2.75, 3.05) is 5.01 Å². The predicted molar refractivity (Wildman–Crippen MR) is 64.4 cm³/mol. The summed E-state index contributed by atoms with van der Waals surface area (Å²) in [5.41, 5.74) is 3.43. The Hall–Kier alpha value is -1.39. The van der Waals surface area contributed by atoms with Gasteiger partial charge in [0.1, 0.15) is 5.82 Å². The molecule has 0 radical (unpaired) electrons. The van der Waals surface area contributed by atoms with Crippen LogP contribution in [-0.2, 0) is 0 Å². The third-order valence-corrected chi connectivity index (χ3v) is 2.65. The number of carbonyl (C=O) groups excluding carboxylic acids is 1. The third kappa shape index (κ3) is 1.94. The van der Waals surface area contributed by atoms with Crippen molar-refractivity contribution in [3.8, 4) is 0 Å². The molecule has 0 aliphatic carbocycles. The van der Waals surface area contributed by atoms with E-state index in [4.69, 9.17) is 23.2 Å². The molecule has 0 aromatic heterocycles. The van der Waals surface area contributed by atoms with E-state index in [9.17, 15) is 4.79 Å². The lowest BCUT2D eigenvalue weighted by Gasteiger charge is -2.15. The van der Waals surface area contributed by atoms with Gasteiger partial charge in [-0.25, -0.2) is 9.80 Å². The summed E-state index contributed by atoms with van der Waals surface area (Å²) in [5, 5.41) is 4.90. The molecule has 0 unspecified atom stereocenters. The van der Waals surface area contributed by atoms with Crippen LogP contribution in [0.3, 0.4) is 0 Å². The van der Waals surface area contributed by atoms with E-state index in [1.165, 1.54) is 5.01 Å². The molecular weight excluding hydrogens is 249 g/mol. The fraction of sp³-hybridized carbons (Fsp3) is 0.100. The summed E-state index contributed by atoms with van der Waals surface area (Å²) in [4.78, 5) is 11.6. The topological polar surface area (TPSA) is 44.4 Å². The van der Waals surface area contributed by atoms with Gasteiger partial charge < -0.3 is 0 Å². The molecule has 2 amide bonds. The van der Waals surface area contributed by atoms with Gasteiger partial charge in [0.15, 0.2) is 0 Å². The largest absolute Gasteiger partial charge is 0.346 e. The molecule has 6 heteroatoms. The number of benzene rings is 1. The van der Waals surface area contributed by atoms with Gasteiger partial charge in [-0.3, -0.25) is 10.7 Å². The molecule has 0 bridgehead atoms. The Kier molecular flexibility index (Phi) is 2.94. The molecule has 1 aromatic carbocycles. The summed E-state index contributed by atoms with van der Waals surface area (Å²) < 4.78 is 0. The van der Waals surface area contributed by atoms with E-state index in [1.807, 2.05) is 6.92 Å². The van der Waals surface area contributed by atoms with E-state index in [0.29, 0.717) is 21.6 Å². The van der Waals surface area contributed by atoms with Gasteiger partial charge in [-0.15, -0.1) is 0 Å². The lowest BCUT2D eigenvalue weighted by Crippen LogP contribution is -2.34. The quantitative estimate of drug-likeness (QED) is 0.813. The molecular formula is C10H9Cl2N3O. The molecule has 84 valence electrons. The minimum absolute atomic E-state index is 0.280. The van der Waals surface area contributed by atoms with Crippen LogP contribution >= 0.6 is 23.2 Å². The number of anilines is 1. The zero-order valence-electron chi connectivity index (χ0n) is 8.42. The highest BCUT2D eigenvalue weighted by Gasteiger charge is 2.26. The maximum Gasteiger partial charge on any atom is 0.346 e. The fourth-order valence-electron chi connectivity index (χ4n) is 1.34. The first-order valence-corrected chi connectivity index (χ1v) is 5.36. The Labute approximate surface area is 103 Å². The second-order valence-corrected chi connectivity index (χ2v) is 4.02. The van der Waals surface area contributed by atoms with Crippen molar-refractivity contribution < 1.29 is 4.79 Å². The lowest BCUT2D eigenvalue weighted by atomic mass is 10.3. The van der Waals surface area contributed by atoms with Crippen molar-refractivity contribution in [3.63, 3.8) is 0 Å². The van der Waals surface area contributed by atoms with Crippen molar-refractivity contribution in [3.05, 3.63) is 40.1 Å². The highest BCUT2D eigenvalue weighted by atomic mass is 35.5. The normalized spacial score (nSPS) is 17.6. The summed E-state index contributed by atoms with van der Waals surface area (Å²) >= 11 is 11.8. The number of allylic oxidation sites excluding steroid dienone is 1.